The predicted octanol–water partition coefficient (Wildman–Crippen LogP) is 1.31. The molecule has 3 aliphatic heterocycles. The highest BCUT2D eigenvalue weighted by molar-refractivity contribution is 5.72. The Morgan fingerprint density at radius 3 is 2.70 bits per heavy atom. The minimum Gasteiger partial charge on any atom is -0.438 e. The van der Waals surface area contributed by atoms with Crippen LogP contribution in [-0.2, 0) is 24.9 Å². The maximum absolute atomic E-state index is 12.4. The average Bonchev–Trinajstić information content (AvgIpc) is 3.17. The van der Waals surface area contributed by atoms with Crippen molar-refractivity contribution in [1.82, 2.24) is 24.3 Å². The van der Waals surface area contributed by atoms with Gasteiger partial charge in [-0.1, -0.05) is 30.3 Å². The van der Waals surface area contributed by atoms with Gasteiger partial charge in [0, 0.05) is 58.7 Å². The number of hydrogen-bond acceptors (Lipinski definition) is 5. The largest absolute Gasteiger partial charge is 0.438 e. The van der Waals surface area contributed by atoms with Gasteiger partial charge >= 0.3 is 6.09 Å². The lowest BCUT2D eigenvalue weighted by Gasteiger charge is -2.51. The normalized spacial score (nSPS) is 24.7. The molecule has 3 aliphatic rings. The first-order chi connectivity index (χ1) is 13.1. The third kappa shape index (κ3) is 2.91. The minimum atomic E-state index is -0.363. The van der Waals surface area contributed by atoms with Gasteiger partial charge in [0.15, 0.2) is 5.60 Å². The number of carbonyl (C=O) groups is 1. The van der Waals surface area contributed by atoms with Crippen LogP contribution in [0.4, 0.5) is 4.79 Å². The molecule has 1 unspecified atom stereocenters. The number of ether oxygens (including phenoxy) is 1. The van der Waals surface area contributed by atoms with E-state index in [1.165, 1.54) is 5.56 Å². The molecule has 1 aromatic carbocycles. The number of amides is 1. The van der Waals surface area contributed by atoms with Crippen molar-refractivity contribution in [3.8, 4) is 0 Å². The Balaban J connectivity index is 1.26. The first-order valence-corrected chi connectivity index (χ1v) is 9.57. The van der Waals surface area contributed by atoms with E-state index in [1.807, 2.05) is 35.0 Å². The minimum absolute atomic E-state index is 0.139. The summed E-state index contributed by atoms with van der Waals surface area (Å²) in [5.74, 6) is 1.04. The van der Waals surface area contributed by atoms with E-state index in [4.69, 9.17) is 4.74 Å². The van der Waals surface area contributed by atoms with Crippen molar-refractivity contribution < 1.29 is 9.53 Å². The quantitative estimate of drug-likeness (QED) is 0.816. The fourth-order valence-electron chi connectivity index (χ4n) is 4.64. The van der Waals surface area contributed by atoms with E-state index >= 15 is 0 Å². The van der Waals surface area contributed by atoms with E-state index < -0.39 is 0 Å². The molecule has 3 fully saturated rings. The number of rotatable bonds is 4. The predicted molar refractivity (Wildman–Crippen MR) is 99.9 cm³/mol. The molecule has 3 saturated heterocycles. The molecular weight excluding hydrogens is 342 g/mol. The standard InChI is InChI=1S/C20H25N5O2/c1-22-8-7-21-18(22)13-24-14-20(15-24)17-12-23(9-10-25(17)19(26)27-20)11-16-5-3-2-4-6-16/h2-8,17H,9-15H2,1H3. The number of imidazole rings is 1. The monoisotopic (exact) mass is 367 g/mol. The van der Waals surface area contributed by atoms with Gasteiger partial charge in [0.05, 0.1) is 12.6 Å². The van der Waals surface area contributed by atoms with Crippen LogP contribution in [0, 0.1) is 0 Å². The van der Waals surface area contributed by atoms with E-state index in [9.17, 15) is 4.79 Å². The van der Waals surface area contributed by atoms with Crippen LogP contribution in [0.3, 0.4) is 0 Å². The molecule has 0 saturated carbocycles. The Labute approximate surface area is 159 Å². The molecule has 0 bridgehead atoms. The summed E-state index contributed by atoms with van der Waals surface area (Å²) in [6.07, 6.45) is 3.64. The highest BCUT2D eigenvalue weighted by atomic mass is 16.6. The lowest BCUT2D eigenvalue weighted by Crippen LogP contribution is -2.70. The molecule has 1 aromatic heterocycles. The number of hydrogen-bond donors (Lipinski definition) is 0. The Hall–Kier alpha value is -2.38. The smallest absolute Gasteiger partial charge is 0.410 e. The van der Waals surface area contributed by atoms with Crippen LogP contribution in [0.1, 0.15) is 11.4 Å². The molecule has 142 valence electrons. The summed E-state index contributed by atoms with van der Waals surface area (Å²) in [5, 5.41) is 0. The zero-order valence-corrected chi connectivity index (χ0v) is 15.6. The van der Waals surface area contributed by atoms with Crippen LogP contribution in [0.5, 0.6) is 0 Å². The maximum atomic E-state index is 12.4. The van der Waals surface area contributed by atoms with Crippen molar-refractivity contribution in [2.45, 2.75) is 24.7 Å². The fraction of sp³-hybridized carbons (Fsp3) is 0.500. The molecule has 7 nitrogen and oxygen atoms in total. The van der Waals surface area contributed by atoms with Gasteiger partial charge in [-0.25, -0.2) is 9.78 Å². The van der Waals surface area contributed by atoms with Crippen LogP contribution in [0.2, 0.25) is 0 Å². The highest BCUT2D eigenvalue weighted by Gasteiger charge is 2.61. The molecule has 1 spiro atoms. The van der Waals surface area contributed by atoms with Crippen LogP contribution in [0.15, 0.2) is 42.7 Å². The van der Waals surface area contributed by atoms with E-state index in [0.717, 1.165) is 51.6 Å². The van der Waals surface area contributed by atoms with Crippen LogP contribution >= 0.6 is 0 Å². The second-order valence-corrected chi connectivity index (χ2v) is 7.96. The van der Waals surface area contributed by atoms with Crippen molar-refractivity contribution in [3.05, 3.63) is 54.1 Å². The summed E-state index contributed by atoms with van der Waals surface area (Å²) >= 11 is 0. The molecule has 5 rings (SSSR count). The highest BCUT2D eigenvalue weighted by Crippen LogP contribution is 2.40. The Morgan fingerprint density at radius 2 is 1.96 bits per heavy atom. The number of aryl methyl sites for hydroxylation is 1. The number of piperazine rings is 1. The Bertz CT molecular complexity index is 830. The third-order valence-corrected chi connectivity index (χ3v) is 6.11. The number of carbonyl (C=O) groups excluding carboxylic acids is 1. The van der Waals surface area contributed by atoms with Gasteiger partial charge in [-0.05, 0) is 5.56 Å². The van der Waals surface area contributed by atoms with Crippen molar-refractivity contribution in [2.24, 2.45) is 7.05 Å². The topological polar surface area (TPSA) is 53.8 Å². The second-order valence-electron chi connectivity index (χ2n) is 7.96. The Kier molecular flexibility index (Phi) is 3.94. The van der Waals surface area contributed by atoms with Gasteiger partial charge in [-0.2, -0.15) is 0 Å². The number of fused-ring (bicyclic) bond motifs is 2. The van der Waals surface area contributed by atoms with Crippen molar-refractivity contribution in [2.75, 3.05) is 32.7 Å². The SMILES string of the molecule is Cn1ccnc1CN1CC2(C1)OC(=O)N1CCN(Cc3ccccc3)CC12. The summed E-state index contributed by atoms with van der Waals surface area (Å²) in [6, 6.07) is 10.7. The summed E-state index contributed by atoms with van der Waals surface area (Å²) in [5.41, 5.74) is 0.952. The molecule has 27 heavy (non-hydrogen) atoms. The number of nitrogens with zero attached hydrogens (tertiary/aromatic N) is 5. The zero-order valence-electron chi connectivity index (χ0n) is 15.6. The second kappa shape index (κ2) is 6.35. The molecule has 1 amide bonds. The van der Waals surface area contributed by atoms with Crippen molar-refractivity contribution in [1.29, 1.82) is 0 Å². The van der Waals surface area contributed by atoms with E-state index in [-0.39, 0.29) is 17.7 Å². The van der Waals surface area contributed by atoms with Crippen LogP contribution in [-0.4, -0.2) is 74.7 Å². The number of likely N-dealkylation sites (tertiary alicyclic amines) is 1. The number of aromatic nitrogens is 2. The molecule has 0 radical (unpaired) electrons. The van der Waals surface area contributed by atoms with Crippen LogP contribution in [0.25, 0.3) is 0 Å². The van der Waals surface area contributed by atoms with Gasteiger partial charge in [0.1, 0.15) is 5.82 Å². The molecule has 7 heteroatoms. The molecule has 2 aromatic rings. The maximum Gasteiger partial charge on any atom is 0.410 e. The zero-order chi connectivity index (χ0) is 18.4. The van der Waals surface area contributed by atoms with E-state index in [2.05, 4.69) is 39.0 Å². The Morgan fingerprint density at radius 1 is 1.15 bits per heavy atom. The lowest BCUT2D eigenvalue weighted by atomic mass is 9.84. The first-order valence-electron chi connectivity index (χ1n) is 9.57. The summed E-state index contributed by atoms with van der Waals surface area (Å²) in [7, 11) is 2.01. The molecular formula is C20H25N5O2. The first kappa shape index (κ1) is 16.8. The van der Waals surface area contributed by atoms with Gasteiger partial charge < -0.3 is 9.30 Å². The average molecular weight is 367 g/mol. The van der Waals surface area contributed by atoms with Crippen molar-refractivity contribution >= 4 is 6.09 Å². The summed E-state index contributed by atoms with van der Waals surface area (Å²) < 4.78 is 7.94. The van der Waals surface area contributed by atoms with E-state index in [0.29, 0.717) is 0 Å². The lowest BCUT2D eigenvalue weighted by molar-refractivity contribution is -0.108. The molecule has 1 atom stereocenters. The molecule has 0 aliphatic carbocycles. The van der Waals surface area contributed by atoms with Crippen LogP contribution < -0.4 is 0 Å². The summed E-state index contributed by atoms with van der Waals surface area (Å²) in [4.78, 5) is 23.5. The number of benzene rings is 1. The molecule has 4 heterocycles. The third-order valence-electron chi connectivity index (χ3n) is 6.11. The van der Waals surface area contributed by atoms with Crippen molar-refractivity contribution in [3.63, 3.8) is 0 Å². The molecule has 0 N–H and O–H groups in total. The van der Waals surface area contributed by atoms with E-state index in [1.54, 1.807) is 0 Å². The van der Waals surface area contributed by atoms with Gasteiger partial charge in [0.2, 0.25) is 0 Å². The summed E-state index contributed by atoms with van der Waals surface area (Å²) in [6.45, 7) is 5.80. The van der Waals surface area contributed by atoms with Gasteiger partial charge in [-0.15, -0.1) is 0 Å². The van der Waals surface area contributed by atoms with Gasteiger partial charge in [0.25, 0.3) is 0 Å². The van der Waals surface area contributed by atoms with Gasteiger partial charge in [-0.3, -0.25) is 14.7 Å². The fourth-order valence-corrected chi connectivity index (χ4v) is 4.64.